The van der Waals surface area contributed by atoms with Crippen molar-refractivity contribution in [2.24, 2.45) is 0 Å². The van der Waals surface area contributed by atoms with Gasteiger partial charge in [-0.3, -0.25) is 15.2 Å². The lowest BCUT2D eigenvalue weighted by Gasteiger charge is -2.38. The van der Waals surface area contributed by atoms with Crippen LogP contribution in [0.25, 0.3) is 5.52 Å². The fourth-order valence-corrected chi connectivity index (χ4v) is 6.35. The summed E-state index contributed by atoms with van der Waals surface area (Å²) in [6.45, 7) is 4.85. The zero-order valence-corrected chi connectivity index (χ0v) is 24.6. The number of hydrogen-bond donors (Lipinski definition) is 3. The summed E-state index contributed by atoms with van der Waals surface area (Å²) in [6, 6.07) is 1.47. The fourth-order valence-electron chi connectivity index (χ4n) is 4.32. The van der Waals surface area contributed by atoms with Crippen molar-refractivity contribution in [3.8, 4) is 0 Å². The smallest absolute Gasteiger partial charge is 0.319 e. The molecule has 0 atom stereocenters. The Morgan fingerprint density at radius 2 is 1.82 bits per heavy atom. The van der Waals surface area contributed by atoms with Crippen LogP contribution in [0.5, 0.6) is 0 Å². The summed E-state index contributed by atoms with van der Waals surface area (Å²) in [6.07, 6.45) is 1.19. The molecule has 0 radical (unpaired) electrons. The molecule has 1 saturated carbocycles. The standard InChI is InChI=1S/C24H35F2N9O3S2/c1-24(5-6-24)30-40(37,38)16-13-17(18-14-29-22(35(18)15-16)21(28)39-20(27)19(25)26)33-9-11-34(12-10-33)23(36)32(4)8-7-31(2)3/h13-15,19,27-28,30H,5-12H2,1-4H3. The molecule has 3 heterocycles. The Kier molecular flexibility index (Phi) is 8.73. The zero-order valence-electron chi connectivity index (χ0n) is 22.9. The maximum Gasteiger partial charge on any atom is 0.319 e. The summed E-state index contributed by atoms with van der Waals surface area (Å²) in [4.78, 5) is 24.5. The molecule has 220 valence electrons. The molecule has 2 aliphatic rings. The lowest BCUT2D eigenvalue weighted by atomic mass is 10.2. The van der Waals surface area contributed by atoms with Gasteiger partial charge in [-0.2, -0.15) is 0 Å². The fraction of sp³-hybridized carbons (Fsp3) is 0.583. The lowest BCUT2D eigenvalue weighted by Crippen LogP contribution is -2.53. The van der Waals surface area contributed by atoms with Crippen molar-refractivity contribution >= 4 is 49.1 Å². The Labute approximate surface area is 236 Å². The number of carbonyl (C=O) groups excluding carboxylic acids is 1. The maximum absolute atomic E-state index is 13.3. The van der Waals surface area contributed by atoms with E-state index in [1.165, 1.54) is 16.8 Å². The molecular formula is C24H35F2N9O3S2. The second-order valence-electron chi connectivity index (χ2n) is 10.6. The van der Waals surface area contributed by atoms with Crippen molar-refractivity contribution in [1.82, 2.24) is 28.8 Å². The van der Waals surface area contributed by atoms with Crippen molar-refractivity contribution in [3.63, 3.8) is 0 Å². The van der Waals surface area contributed by atoms with E-state index in [-0.39, 0.29) is 28.5 Å². The van der Waals surface area contributed by atoms with E-state index in [1.807, 2.05) is 30.8 Å². The van der Waals surface area contributed by atoms with Crippen molar-refractivity contribution in [1.29, 1.82) is 10.8 Å². The van der Waals surface area contributed by atoms with Gasteiger partial charge in [-0.05, 0) is 51.7 Å². The van der Waals surface area contributed by atoms with E-state index in [4.69, 9.17) is 10.8 Å². The first-order valence-electron chi connectivity index (χ1n) is 12.8. The van der Waals surface area contributed by atoms with Gasteiger partial charge in [-0.25, -0.2) is 31.7 Å². The minimum atomic E-state index is -3.95. The topological polar surface area (TPSA) is 141 Å². The van der Waals surface area contributed by atoms with E-state index in [0.717, 1.165) is 6.54 Å². The molecule has 2 fully saturated rings. The average molecular weight is 600 g/mol. The number of piperazine rings is 1. The van der Waals surface area contributed by atoms with Crippen LogP contribution in [0.15, 0.2) is 23.4 Å². The van der Waals surface area contributed by atoms with Gasteiger partial charge < -0.3 is 19.6 Å². The number of carbonyl (C=O) groups is 1. The van der Waals surface area contributed by atoms with Crippen molar-refractivity contribution in [3.05, 3.63) is 24.3 Å². The third kappa shape index (κ3) is 6.72. The second-order valence-corrected chi connectivity index (χ2v) is 13.4. The molecule has 4 rings (SSSR count). The molecular weight excluding hydrogens is 564 g/mol. The van der Waals surface area contributed by atoms with Gasteiger partial charge in [0.25, 0.3) is 6.43 Å². The van der Waals surface area contributed by atoms with Crippen LogP contribution >= 0.6 is 11.8 Å². The number of anilines is 1. The summed E-state index contributed by atoms with van der Waals surface area (Å²) < 4.78 is 56.7. The summed E-state index contributed by atoms with van der Waals surface area (Å²) in [5.41, 5.74) is 0.506. The SMILES string of the molecule is CN(C)CCN(C)C(=O)N1CCN(c2cc(S(=O)(=O)NC3(C)CC3)cn3c(C(=N)SC(=N)C(F)F)ncc23)CC1. The van der Waals surface area contributed by atoms with Crippen LogP contribution in [0, 0.1) is 10.8 Å². The number of hydrogen-bond acceptors (Lipinski definition) is 9. The van der Waals surface area contributed by atoms with Crippen molar-refractivity contribution in [2.75, 3.05) is 65.3 Å². The largest absolute Gasteiger partial charge is 0.366 e. The zero-order chi connectivity index (χ0) is 29.4. The van der Waals surface area contributed by atoms with Crippen molar-refractivity contribution in [2.45, 2.75) is 36.6 Å². The van der Waals surface area contributed by atoms with E-state index in [1.54, 1.807) is 22.9 Å². The maximum atomic E-state index is 13.3. The molecule has 0 spiro atoms. The molecule has 2 aromatic heterocycles. The Balaban J connectivity index is 1.64. The molecule has 1 aliphatic carbocycles. The Morgan fingerprint density at radius 1 is 1.18 bits per heavy atom. The molecule has 40 heavy (non-hydrogen) atoms. The Morgan fingerprint density at radius 3 is 2.40 bits per heavy atom. The van der Waals surface area contributed by atoms with Crippen LogP contribution in [0.4, 0.5) is 19.3 Å². The van der Waals surface area contributed by atoms with Crippen LogP contribution < -0.4 is 9.62 Å². The number of halogens is 2. The van der Waals surface area contributed by atoms with Gasteiger partial charge in [0.2, 0.25) is 10.0 Å². The number of pyridine rings is 1. The minimum absolute atomic E-state index is 0.0438. The molecule has 12 nitrogen and oxygen atoms in total. The van der Waals surface area contributed by atoms with Gasteiger partial charge in [0, 0.05) is 58.1 Å². The number of alkyl halides is 2. The number of fused-ring (bicyclic) bond motifs is 1. The molecule has 1 aliphatic heterocycles. The highest BCUT2D eigenvalue weighted by Gasteiger charge is 2.41. The van der Waals surface area contributed by atoms with E-state index in [2.05, 4.69) is 9.71 Å². The summed E-state index contributed by atoms with van der Waals surface area (Å²) in [5.74, 6) is -0.0438. The van der Waals surface area contributed by atoms with Crippen LogP contribution in [0.1, 0.15) is 25.6 Å². The molecule has 0 aromatic carbocycles. The normalized spacial score (nSPS) is 17.1. The van der Waals surface area contributed by atoms with E-state index < -0.39 is 32.1 Å². The predicted octanol–water partition coefficient (Wildman–Crippen LogP) is 2.20. The number of urea groups is 1. The summed E-state index contributed by atoms with van der Waals surface area (Å²) >= 11 is 0.270. The number of rotatable bonds is 9. The molecule has 2 amide bonds. The molecule has 2 aromatic rings. The van der Waals surface area contributed by atoms with Gasteiger partial charge in [0.05, 0.1) is 17.4 Å². The number of amides is 2. The lowest BCUT2D eigenvalue weighted by molar-refractivity contribution is 0.156. The number of imidazole rings is 1. The first-order valence-corrected chi connectivity index (χ1v) is 15.1. The molecule has 1 saturated heterocycles. The number of sulfonamides is 1. The highest BCUT2D eigenvalue weighted by molar-refractivity contribution is 8.26. The van der Waals surface area contributed by atoms with Crippen LogP contribution in [-0.2, 0) is 10.0 Å². The van der Waals surface area contributed by atoms with Crippen LogP contribution in [0.2, 0.25) is 0 Å². The second kappa shape index (κ2) is 11.6. The first kappa shape index (κ1) is 30.1. The van der Waals surface area contributed by atoms with Gasteiger partial charge in [0.15, 0.2) is 5.82 Å². The first-order chi connectivity index (χ1) is 18.7. The Hall–Kier alpha value is -2.82. The highest BCUT2D eigenvalue weighted by atomic mass is 32.2. The molecule has 3 N–H and O–H groups in total. The third-order valence-electron chi connectivity index (χ3n) is 7.00. The number of nitrogens with zero attached hydrogens (tertiary/aromatic N) is 6. The Bertz CT molecular complexity index is 1400. The number of nitrogens with one attached hydrogen (secondary N) is 3. The van der Waals surface area contributed by atoms with Crippen molar-refractivity contribution < 1.29 is 22.0 Å². The van der Waals surface area contributed by atoms with Crippen LogP contribution in [0.3, 0.4) is 0 Å². The monoisotopic (exact) mass is 599 g/mol. The highest BCUT2D eigenvalue weighted by Crippen LogP contribution is 2.37. The van der Waals surface area contributed by atoms with Gasteiger partial charge >= 0.3 is 6.03 Å². The molecule has 0 bridgehead atoms. The quantitative estimate of drug-likeness (QED) is 0.297. The van der Waals surface area contributed by atoms with Gasteiger partial charge in [-0.15, -0.1) is 0 Å². The van der Waals surface area contributed by atoms with E-state index in [9.17, 15) is 22.0 Å². The van der Waals surface area contributed by atoms with Crippen LogP contribution in [-0.4, -0.2) is 121 Å². The van der Waals surface area contributed by atoms with Gasteiger partial charge in [0.1, 0.15) is 15.0 Å². The average Bonchev–Trinajstić information content (AvgIpc) is 3.44. The number of likely N-dealkylation sites (N-methyl/N-ethyl adjacent to an activating group) is 2. The summed E-state index contributed by atoms with van der Waals surface area (Å²) in [5, 5.41) is 14.4. The van der Waals surface area contributed by atoms with E-state index >= 15 is 0 Å². The summed E-state index contributed by atoms with van der Waals surface area (Å²) in [7, 11) is 1.69. The molecule has 0 unspecified atom stereocenters. The van der Waals surface area contributed by atoms with E-state index in [0.29, 0.717) is 56.8 Å². The minimum Gasteiger partial charge on any atom is -0.366 e. The molecule has 16 heteroatoms. The number of thioether (sulfide) groups is 1. The third-order valence-corrected chi connectivity index (χ3v) is 9.39. The number of aromatic nitrogens is 2. The van der Waals surface area contributed by atoms with Gasteiger partial charge in [-0.1, -0.05) is 0 Å². The predicted molar refractivity (Wildman–Crippen MR) is 152 cm³/mol.